The van der Waals surface area contributed by atoms with Gasteiger partial charge < -0.3 is 16.0 Å². The van der Waals surface area contributed by atoms with Crippen molar-refractivity contribution in [2.75, 3.05) is 26.2 Å². The Kier molecular flexibility index (Phi) is 9.38. The van der Waals surface area contributed by atoms with Crippen LogP contribution in [0.15, 0.2) is 4.99 Å². The predicted molar refractivity (Wildman–Crippen MR) is 106 cm³/mol. The van der Waals surface area contributed by atoms with Gasteiger partial charge in [-0.2, -0.15) is 0 Å². The number of imide groups is 1. The second kappa shape index (κ2) is 10.7. The molecule has 0 aromatic carbocycles. The van der Waals surface area contributed by atoms with Gasteiger partial charge in [-0.3, -0.25) is 14.7 Å². The maximum absolute atomic E-state index is 11.5. The van der Waals surface area contributed by atoms with Gasteiger partial charge in [-0.15, -0.1) is 24.0 Å². The van der Waals surface area contributed by atoms with Crippen LogP contribution >= 0.6 is 24.0 Å². The molecule has 1 aliphatic carbocycles. The molecule has 0 unspecified atom stereocenters. The zero-order valence-electron chi connectivity index (χ0n) is 14.6. The summed E-state index contributed by atoms with van der Waals surface area (Å²) in [6.07, 6.45) is 6.17. The zero-order chi connectivity index (χ0) is 16.7. The van der Waals surface area contributed by atoms with Crippen LogP contribution in [0, 0.1) is 5.92 Å². The van der Waals surface area contributed by atoms with Crippen LogP contribution in [0.25, 0.3) is 0 Å². The highest BCUT2D eigenvalue weighted by Gasteiger charge is 2.27. The van der Waals surface area contributed by atoms with E-state index >= 15 is 0 Å². The molecule has 0 aromatic rings. The van der Waals surface area contributed by atoms with E-state index in [1.165, 1.54) is 37.0 Å². The molecule has 0 radical (unpaired) electrons. The van der Waals surface area contributed by atoms with Crippen LogP contribution in [0.1, 0.15) is 46.0 Å². The minimum absolute atomic E-state index is 0. The van der Waals surface area contributed by atoms with Crippen LogP contribution in [0.3, 0.4) is 0 Å². The smallest absolute Gasteiger partial charge is 0.324 e. The molecule has 1 heterocycles. The number of carbonyl (C=O) groups is 2. The molecule has 0 aromatic heterocycles. The summed E-state index contributed by atoms with van der Waals surface area (Å²) >= 11 is 0. The molecule has 3 N–H and O–H groups in total. The molecule has 0 atom stereocenters. The lowest BCUT2D eigenvalue weighted by Crippen LogP contribution is -2.45. The van der Waals surface area contributed by atoms with E-state index in [4.69, 9.17) is 0 Å². The maximum Gasteiger partial charge on any atom is 0.324 e. The summed E-state index contributed by atoms with van der Waals surface area (Å²) in [5.74, 6) is 1.47. The molecule has 1 aliphatic heterocycles. The fraction of sp³-hybridized carbons (Fsp3) is 0.812. The number of guanidine groups is 1. The Morgan fingerprint density at radius 1 is 1.25 bits per heavy atom. The summed E-state index contributed by atoms with van der Waals surface area (Å²) < 4.78 is 0. The normalized spacial score (nSPS) is 24.4. The van der Waals surface area contributed by atoms with Crippen LogP contribution in [-0.2, 0) is 4.79 Å². The van der Waals surface area contributed by atoms with Crippen LogP contribution in [0.5, 0.6) is 0 Å². The van der Waals surface area contributed by atoms with Gasteiger partial charge in [0, 0.05) is 12.6 Å². The van der Waals surface area contributed by atoms with E-state index in [1.54, 1.807) is 0 Å². The molecule has 3 amide bonds. The standard InChI is InChI=1S/C16H29N5O2.HI/c1-3-12-5-7-13(8-6-12)20-15(17-4-2)18-9-10-21-14(22)11-19-16(21)23;/h12-13H,3-11H2,1-2H3,(H,19,23)(H2,17,18,20);1H. The summed E-state index contributed by atoms with van der Waals surface area (Å²) in [4.78, 5) is 28.7. The van der Waals surface area contributed by atoms with Gasteiger partial charge in [0.05, 0.1) is 19.6 Å². The Morgan fingerprint density at radius 2 is 1.96 bits per heavy atom. The number of carbonyl (C=O) groups excluding carboxylic acids is 2. The van der Waals surface area contributed by atoms with Crippen molar-refractivity contribution in [2.45, 2.75) is 52.0 Å². The second-order valence-electron chi connectivity index (χ2n) is 6.23. The van der Waals surface area contributed by atoms with Crippen molar-refractivity contribution >= 4 is 41.9 Å². The first kappa shape index (κ1) is 21.0. The average Bonchev–Trinajstić information content (AvgIpc) is 2.87. The monoisotopic (exact) mass is 451 g/mol. The molecular formula is C16H30IN5O2. The number of halogens is 1. The van der Waals surface area contributed by atoms with Crippen molar-refractivity contribution in [2.24, 2.45) is 10.9 Å². The number of nitrogens with one attached hydrogen (secondary N) is 3. The minimum Gasteiger partial charge on any atom is -0.357 e. The predicted octanol–water partition coefficient (Wildman–Crippen LogP) is 1.68. The third-order valence-electron chi connectivity index (χ3n) is 4.64. The number of amides is 3. The van der Waals surface area contributed by atoms with E-state index in [0.29, 0.717) is 19.1 Å². The van der Waals surface area contributed by atoms with Crippen molar-refractivity contribution < 1.29 is 9.59 Å². The molecule has 2 rings (SSSR count). The largest absolute Gasteiger partial charge is 0.357 e. The highest BCUT2D eigenvalue weighted by Crippen LogP contribution is 2.26. The SMILES string of the molecule is CCNC(=NCCN1C(=O)CNC1=O)NC1CCC(CC)CC1.I. The average molecular weight is 451 g/mol. The van der Waals surface area contributed by atoms with Crippen LogP contribution in [-0.4, -0.2) is 55.0 Å². The Bertz CT molecular complexity index is 434. The van der Waals surface area contributed by atoms with Gasteiger partial charge in [0.1, 0.15) is 0 Å². The number of nitrogens with zero attached hydrogens (tertiary/aromatic N) is 2. The lowest BCUT2D eigenvalue weighted by atomic mass is 9.84. The van der Waals surface area contributed by atoms with Crippen LogP contribution in [0.2, 0.25) is 0 Å². The minimum atomic E-state index is -0.318. The van der Waals surface area contributed by atoms with Crippen molar-refractivity contribution in [1.82, 2.24) is 20.9 Å². The molecule has 7 nitrogen and oxygen atoms in total. The van der Waals surface area contributed by atoms with E-state index in [2.05, 4.69) is 27.9 Å². The molecule has 2 aliphatic rings. The van der Waals surface area contributed by atoms with Gasteiger partial charge in [-0.05, 0) is 38.5 Å². The van der Waals surface area contributed by atoms with E-state index in [1.807, 2.05) is 6.92 Å². The lowest BCUT2D eigenvalue weighted by molar-refractivity contribution is -0.124. The van der Waals surface area contributed by atoms with Gasteiger partial charge in [0.15, 0.2) is 5.96 Å². The van der Waals surface area contributed by atoms with Gasteiger partial charge >= 0.3 is 6.03 Å². The molecule has 138 valence electrons. The Hall–Kier alpha value is -1.06. The van der Waals surface area contributed by atoms with Gasteiger partial charge in [0.2, 0.25) is 5.91 Å². The second-order valence-corrected chi connectivity index (χ2v) is 6.23. The van der Waals surface area contributed by atoms with Gasteiger partial charge in [-0.25, -0.2) is 4.79 Å². The van der Waals surface area contributed by atoms with Crippen LogP contribution in [0.4, 0.5) is 4.79 Å². The molecule has 0 spiro atoms. The summed E-state index contributed by atoms with van der Waals surface area (Å²) in [6.45, 7) is 5.92. The van der Waals surface area contributed by atoms with E-state index < -0.39 is 0 Å². The Morgan fingerprint density at radius 3 is 2.50 bits per heavy atom. The number of hydrogen-bond donors (Lipinski definition) is 3. The molecule has 2 fully saturated rings. The van der Waals surface area contributed by atoms with Crippen molar-refractivity contribution in [3.63, 3.8) is 0 Å². The third kappa shape index (κ3) is 6.10. The number of aliphatic imine (C=N–C) groups is 1. The van der Waals surface area contributed by atoms with E-state index in [0.717, 1.165) is 18.4 Å². The third-order valence-corrected chi connectivity index (χ3v) is 4.64. The number of hydrogen-bond acceptors (Lipinski definition) is 3. The summed E-state index contributed by atoms with van der Waals surface area (Å²) in [5.41, 5.74) is 0. The molecule has 1 saturated heterocycles. The summed E-state index contributed by atoms with van der Waals surface area (Å²) in [6, 6.07) is 0.147. The Balaban J connectivity index is 0.00000288. The first-order valence-electron chi connectivity index (χ1n) is 8.77. The zero-order valence-corrected chi connectivity index (χ0v) is 17.0. The maximum atomic E-state index is 11.5. The molecule has 1 saturated carbocycles. The van der Waals surface area contributed by atoms with Crippen molar-refractivity contribution in [1.29, 1.82) is 0 Å². The topological polar surface area (TPSA) is 85.8 Å². The highest BCUT2D eigenvalue weighted by molar-refractivity contribution is 14.0. The quantitative estimate of drug-likeness (QED) is 0.248. The van der Waals surface area contributed by atoms with Gasteiger partial charge in [0.25, 0.3) is 0 Å². The molecule has 8 heteroatoms. The first-order valence-corrected chi connectivity index (χ1v) is 8.77. The fourth-order valence-corrected chi connectivity index (χ4v) is 3.17. The lowest BCUT2D eigenvalue weighted by Gasteiger charge is -2.29. The molecular weight excluding hydrogens is 421 g/mol. The summed E-state index contributed by atoms with van der Waals surface area (Å²) in [5, 5.41) is 9.24. The fourth-order valence-electron chi connectivity index (χ4n) is 3.17. The van der Waals surface area contributed by atoms with E-state index in [-0.39, 0.29) is 42.5 Å². The van der Waals surface area contributed by atoms with E-state index in [9.17, 15) is 9.59 Å². The van der Waals surface area contributed by atoms with Crippen molar-refractivity contribution in [3.05, 3.63) is 0 Å². The van der Waals surface area contributed by atoms with Gasteiger partial charge in [-0.1, -0.05) is 13.3 Å². The highest BCUT2D eigenvalue weighted by atomic mass is 127. The van der Waals surface area contributed by atoms with Crippen LogP contribution < -0.4 is 16.0 Å². The van der Waals surface area contributed by atoms with Crippen molar-refractivity contribution in [3.8, 4) is 0 Å². The Labute approximate surface area is 161 Å². The number of rotatable bonds is 6. The number of urea groups is 1. The molecule has 0 bridgehead atoms. The molecule has 24 heavy (non-hydrogen) atoms. The summed E-state index contributed by atoms with van der Waals surface area (Å²) in [7, 11) is 0. The first-order chi connectivity index (χ1) is 11.1.